The van der Waals surface area contributed by atoms with Gasteiger partial charge in [-0.05, 0) is 12.0 Å². The largest absolute Gasteiger partial charge is 0.342 e. The molecule has 0 aliphatic carbocycles. The number of carbonyl (C=O) groups excluding carboxylic acids is 3. The Morgan fingerprint density at radius 1 is 1.40 bits per heavy atom. The molecule has 0 radical (unpaired) electrons. The van der Waals surface area contributed by atoms with Crippen molar-refractivity contribution in [3.05, 3.63) is 35.9 Å². The summed E-state index contributed by atoms with van der Waals surface area (Å²) < 4.78 is 0. The second-order valence-electron chi connectivity index (χ2n) is 4.85. The van der Waals surface area contributed by atoms with E-state index in [9.17, 15) is 14.4 Å². The lowest BCUT2D eigenvalue weighted by Crippen LogP contribution is -2.48. The molecule has 1 unspecified atom stereocenters. The summed E-state index contributed by atoms with van der Waals surface area (Å²) in [5.74, 6) is -1.11. The highest BCUT2D eigenvalue weighted by Crippen LogP contribution is 2.11. The average Bonchev–Trinajstić information content (AvgIpc) is 2.67. The van der Waals surface area contributed by atoms with E-state index in [4.69, 9.17) is 5.73 Å². The number of carbonyl (C=O) groups is 3. The van der Waals surface area contributed by atoms with Gasteiger partial charge >= 0.3 is 0 Å². The van der Waals surface area contributed by atoms with E-state index < -0.39 is 23.9 Å². The highest BCUT2D eigenvalue weighted by molar-refractivity contribution is 6.06. The molecule has 1 fully saturated rings. The van der Waals surface area contributed by atoms with E-state index in [0.717, 1.165) is 10.5 Å². The van der Waals surface area contributed by atoms with E-state index in [-0.39, 0.29) is 12.3 Å². The second kappa shape index (κ2) is 5.83. The third kappa shape index (κ3) is 3.03. The third-order valence-electron chi connectivity index (χ3n) is 3.33. The van der Waals surface area contributed by atoms with Gasteiger partial charge in [0.1, 0.15) is 6.04 Å². The van der Waals surface area contributed by atoms with Gasteiger partial charge in [0.05, 0.1) is 12.5 Å². The van der Waals surface area contributed by atoms with E-state index in [2.05, 4.69) is 5.32 Å². The normalized spacial score (nSPS) is 20.1. The zero-order valence-corrected chi connectivity index (χ0v) is 11.2. The lowest BCUT2D eigenvalue weighted by atomic mass is 10.1. The van der Waals surface area contributed by atoms with Crippen molar-refractivity contribution in [1.29, 1.82) is 0 Å². The molecule has 0 bridgehead atoms. The van der Waals surface area contributed by atoms with Gasteiger partial charge in [0.15, 0.2) is 0 Å². The Balaban J connectivity index is 1.92. The molecule has 0 aromatic heterocycles. The van der Waals surface area contributed by atoms with Gasteiger partial charge in [0, 0.05) is 7.05 Å². The van der Waals surface area contributed by atoms with E-state index in [1.807, 2.05) is 30.3 Å². The Bertz CT molecular complexity index is 530. The SMILES string of the molecule is CN1C(=O)CC(NC(=O)[C@H](N)Cc2ccccc2)C1=O. The van der Waals surface area contributed by atoms with Crippen LogP contribution in [0.25, 0.3) is 0 Å². The van der Waals surface area contributed by atoms with Gasteiger partial charge in [0.2, 0.25) is 11.8 Å². The number of rotatable bonds is 4. The molecule has 2 atom stereocenters. The first-order valence-electron chi connectivity index (χ1n) is 6.39. The van der Waals surface area contributed by atoms with Crippen LogP contribution in [0.3, 0.4) is 0 Å². The monoisotopic (exact) mass is 275 g/mol. The van der Waals surface area contributed by atoms with Crippen LogP contribution in [-0.2, 0) is 20.8 Å². The van der Waals surface area contributed by atoms with Gasteiger partial charge in [-0.15, -0.1) is 0 Å². The van der Waals surface area contributed by atoms with Crippen molar-refractivity contribution in [1.82, 2.24) is 10.2 Å². The molecular formula is C14H17N3O3. The molecule has 20 heavy (non-hydrogen) atoms. The smallest absolute Gasteiger partial charge is 0.252 e. The number of nitrogens with two attached hydrogens (primary N) is 1. The number of imide groups is 1. The van der Waals surface area contributed by atoms with Crippen molar-refractivity contribution < 1.29 is 14.4 Å². The van der Waals surface area contributed by atoms with Crippen LogP contribution in [0.1, 0.15) is 12.0 Å². The Kier molecular flexibility index (Phi) is 4.14. The summed E-state index contributed by atoms with van der Waals surface area (Å²) in [6.07, 6.45) is 0.385. The molecule has 6 nitrogen and oxygen atoms in total. The minimum Gasteiger partial charge on any atom is -0.342 e. The topological polar surface area (TPSA) is 92.5 Å². The number of hydrogen-bond acceptors (Lipinski definition) is 4. The fourth-order valence-corrected chi connectivity index (χ4v) is 2.11. The first-order valence-corrected chi connectivity index (χ1v) is 6.39. The van der Waals surface area contributed by atoms with Gasteiger partial charge < -0.3 is 11.1 Å². The summed E-state index contributed by atoms with van der Waals surface area (Å²) in [5, 5.41) is 2.53. The first kappa shape index (κ1) is 14.2. The number of benzene rings is 1. The molecule has 1 aromatic carbocycles. The minimum absolute atomic E-state index is 0.000863. The molecule has 106 valence electrons. The highest BCUT2D eigenvalue weighted by atomic mass is 16.2. The fraction of sp³-hybridized carbons (Fsp3) is 0.357. The molecule has 1 heterocycles. The summed E-state index contributed by atoms with van der Waals surface area (Å²) in [6.45, 7) is 0. The quantitative estimate of drug-likeness (QED) is 0.720. The van der Waals surface area contributed by atoms with Crippen LogP contribution < -0.4 is 11.1 Å². The van der Waals surface area contributed by atoms with Gasteiger partial charge in [0.25, 0.3) is 5.91 Å². The molecule has 6 heteroatoms. The maximum Gasteiger partial charge on any atom is 0.252 e. The third-order valence-corrected chi connectivity index (χ3v) is 3.33. The second-order valence-corrected chi connectivity index (χ2v) is 4.85. The van der Waals surface area contributed by atoms with Crippen molar-refractivity contribution in [3.8, 4) is 0 Å². The van der Waals surface area contributed by atoms with Gasteiger partial charge in [-0.2, -0.15) is 0 Å². The standard InChI is InChI=1S/C14H17N3O3/c1-17-12(18)8-11(14(17)20)16-13(19)10(15)7-9-5-3-2-4-6-9/h2-6,10-11H,7-8,15H2,1H3,(H,16,19)/t10-,11?/m1/s1. The Morgan fingerprint density at radius 3 is 2.60 bits per heavy atom. The van der Waals surface area contributed by atoms with E-state index >= 15 is 0 Å². The highest BCUT2D eigenvalue weighted by Gasteiger charge is 2.37. The van der Waals surface area contributed by atoms with Crippen molar-refractivity contribution in [2.45, 2.75) is 24.9 Å². The van der Waals surface area contributed by atoms with Gasteiger partial charge in [-0.25, -0.2) is 0 Å². The van der Waals surface area contributed by atoms with Crippen LogP contribution in [-0.4, -0.2) is 41.8 Å². The summed E-state index contributed by atoms with van der Waals surface area (Å²) in [4.78, 5) is 36.0. The first-order chi connectivity index (χ1) is 9.49. The van der Waals surface area contributed by atoms with Crippen molar-refractivity contribution in [2.75, 3.05) is 7.05 Å². The molecule has 3 amide bonds. The molecule has 1 aliphatic rings. The molecule has 3 N–H and O–H groups in total. The summed E-state index contributed by atoms with van der Waals surface area (Å²) in [6, 6.07) is 7.85. The number of likely N-dealkylation sites (N-methyl/N-ethyl adjacent to an activating group) is 1. The van der Waals surface area contributed by atoms with Crippen LogP contribution in [0.5, 0.6) is 0 Å². The minimum atomic E-state index is -0.790. The molecule has 0 saturated carbocycles. The lowest BCUT2D eigenvalue weighted by molar-refractivity contribution is -0.138. The number of nitrogens with zero attached hydrogens (tertiary/aromatic N) is 1. The van der Waals surface area contributed by atoms with E-state index in [1.165, 1.54) is 7.05 Å². The van der Waals surface area contributed by atoms with Crippen LogP contribution >= 0.6 is 0 Å². The van der Waals surface area contributed by atoms with E-state index in [0.29, 0.717) is 6.42 Å². The molecule has 0 spiro atoms. The summed E-state index contributed by atoms with van der Waals surface area (Å²) >= 11 is 0. The zero-order valence-electron chi connectivity index (χ0n) is 11.2. The maximum absolute atomic E-state index is 11.9. The Hall–Kier alpha value is -2.21. The van der Waals surface area contributed by atoms with Crippen molar-refractivity contribution in [3.63, 3.8) is 0 Å². The maximum atomic E-state index is 11.9. The number of hydrogen-bond donors (Lipinski definition) is 2. The van der Waals surface area contributed by atoms with E-state index in [1.54, 1.807) is 0 Å². The molecule has 1 aromatic rings. The zero-order chi connectivity index (χ0) is 14.7. The van der Waals surface area contributed by atoms with Crippen LogP contribution in [0.2, 0.25) is 0 Å². The van der Waals surface area contributed by atoms with Gasteiger partial charge in [-0.1, -0.05) is 30.3 Å². The fourth-order valence-electron chi connectivity index (χ4n) is 2.11. The number of nitrogens with one attached hydrogen (secondary N) is 1. The van der Waals surface area contributed by atoms with Crippen LogP contribution in [0.15, 0.2) is 30.3 Å². The molecular weight excluding hydrogens is 258 g/mol. The Labute approximate surface area is 116 Å². The van der Waals surface area contributed by atoms with Crippen molar-refractivity contribution in [2.24, 2.45) is 5.73 Å². The lowest BCUT2D eigenvalue weighted by Gasteiger charge is -2.15. The number of likely N-dealkylation sites (tertiary alicyclic amines) is 1. The van der Waals surface area contributed by atoms with Crippen molar-refractivity contribution >= 4 is 17.7 Å². The van der Waals surface area contributed by atoms with Crippen LogP contribution in [0.4, 0.5) is 0 Å². The molecule has 1 aliphatic heterocycles. The summed E-state index contributed by atoms with van der Waals surface area (Å²) in [7, 11) is 1.40. The molecule has 1 saturated heterocycles. The Morgan fingerprint density at radius 2 is 2.05 bits per heavy atom. The van der Waals surface area contributed by atoms with Gasteiger partial charge in [-0.3, -0.25) is 19.3 Å². The summed E-state index contributed by atoms with van der Waals surface area (Å²) in [5.41, 5.74) is 6.77. The average molecular weight is 275 g/mol. The molecule has 2 rings (SSSR count). The number of amides is 3. The van der Waals surface area contributed by atoms with Crippen LogP contribution in [0, 0.1) is 0 Å². The predicted octanol–water partition coefficient (Wildman–Crippen LogP) is -0.570. The predicted molar refractivity (Wildman–Crippen MR) is 72.4 cm³/mol.